The lowest BCUT2D eigenvalue weighted by molar-refractivity contribution is -0.125. The van der Waals surface area contributed by atoms with E-state index in [1.54, 1.807) is 24.2 Å². The number of rotatable bonds is 3. The molecule has 0 saturated heterocycles. The Morgan fingerprint density at radius 3 is 3.00 bits per heavy atom. The second kappa shape index (κ2) is 5.61. The quantitative estimate of drug-likeness (QED) is 0.909. The highest BCUT2D eigenvalue weighted by atomic mass is 32.2. The Balaban J connectivity index is 2.13. The normalized spacial score (nSPS) is 18.4. The predicted molar refractivity (Wildman–Crippen MR) is 75.2 cm³/mol. The first-order valence-corrected chi connectivity index (χ1v) is 7.05. The van der Waals surface area contributed by atoms with E-state index in [0.717, 1.165) is 10.7 Å². The number of thioether (sulfide) groups is 1. The van der Waals surface area contributed by atoms with Crippen LogP contribution >= 0.6 is 11.8 Å². The van der Waals surface area contributed by atoms with E-state index in [1.165, 1.54) is 11.8 Å². The molecule has 5 nitrogen and oxygen atoms in total. The molecular weight excluding hydrogens is 262 g/mol. The van der Waals surface area contributed by atoms with Gasteiger partial charge in [-0.05, 0) is 26.0 Å². The summed E-state index contributed by atoms with van der Waals surface area (Å²) in [5.74, 6) is -0.155. The van der Waals surface area contributed by atoms with Crippen LogP contribution in [0.2, 0.25) is 0 Å². The number of nitrogens with one attached hydrogen (secondary N) is 1. The smallest absolute Gasteiger partial charge is 0.240 e. The number of fused-ring (bicyclic) bond motifs is 1. The van der Waals surface area contributed by atoms with Crippen molar-refractivity contribution in [2.24, 2.45) is 0 Å². The number of aromatic nitrogens is 1. The zero-order chi connectivity index (χ0) is 14.0. The van der Waals surface area contributed by atoms with E-state index in [0.29, 0.717) is 0 Å². The maximum Gasteiger partial charge on any atom is 0.240 e. The number of pyridine rings is 1. The van der Waals surface area contributed by atoms with E-state index in [1.807, 2.05) is 19.9 Å². The molecule has 2 amide bonds. The highest BCUT2D eigenvalue weighted by Crippen LogP contribution is 2.37. The number of carbonyl (C=O) groups excluding carboxylic acids is 2. The van der Waals surface area contributed by atoms with Crippen LogP contribution in [0, 0.1) is 0 Å². The third kappa shape index (κ3) is 3.07. The van der Waals surface area contributed by atoms with Crippen molar-refractivity contribution in [1.29, 1.82) is 0 Å². The van der Waals surface area contributed by atoms with Crippen molar-refractivity contribution in [2.45, 2.75) is 36.6 Å². The van der Waals surface area contributed by atoms with Crippen LogP contribution in [-0.4, -0.2) is 35.1 Å². The number of carbonyl (C=O) groups is 2. The van der Waals surface area contributed by atoms with Crippen LogP contribution in [0.15, 0.2) is 23.4 Å². The van der Waals surface area contributed by atoms with E-state index >= 15 is 0 Å². The van der Waals surface area contributed by atoms with Gasteiger partial charge in [0.1, 0.15) is 5.03 Å². The molecule has 0 unspecified atom stereocenters. The zero-order valence-corrected chi connectivity index (χ0v) is 12.0. The number of nitrogens with zero attached hydrogens (tertiary/aromatic N) is 2. The minimum Gasteiger partial charge on any atom is -0.354 e. The molecule has 0 aliphatic carbocycles. The van der Waals surface area contributed by atoms with E-state index < -0.39 is 5.25 Å². The predicted octanol–water partition coefficient (Wildman–Crippen LogP) is 1.43. The van der Waals surface area contributed by atoms with Gasteiger partial charge in [-0.15, -0.1) is 0 Å². The molecule has 102 valence electrons. The fourth-order valence-electron chi connectivity index (χ4n) is 1.93. The summed E-state index contributed by atoms with van der Waals surface area (Å²) in [7, 11) is 1.72. The fourth-order valence-corrected chi connectivity index (χ4v) is 3.14. The molecule has 6 heteroatoms. The third-order valence-electron chi connectivity index (χ3n) is 2.79. The molecule has 1 aromatic heterocycles. The third-order valence-corrected chi connectivity index (χ3v) is 3.98. The van der Waals surface area contributed by atoms with Gasteiger partial charge in [0, 0.05) is 25.7 Å². The Labute approximate surface area is 116 Å². The topological polar surface area (TPSA) is 62.3 Å². The number of amides is 2. The van der Waals surface area contributed by atoms with Crippen LogP contribution in [0.25, 0.3) is 0 Å². The summed E-state index contributed by atoms with van der Waals surface area (Å²) in [5, 5.41) is 3.21. The van der Waals surface area contributed by atoms with E-state index in [-0.39, 0.29) is 24.3 Å². The molecular formula is C13H17N3O2S. The van der Waals surface area contributed by atoms with Gasteiger partial charge in [-0.1, -0.05) is 11.8 Å². The van der Waals surface area contributed by atoms with Crippen molar-refractivity contribution >= 4 is 29.3 Å². The van der Waals surface area contributed by atoms with Crippen LogP contribution in [0.1, 0.15) is 20.3 Å². The Hall–Kier alpha value is -1.56. The van der Waals surface area contributed by atoms with Gasteiger partial charge in [0.15, 0.2) is 0 Å². The van der Waals surface area contributed by atoms with E-state index in [2.05, 4.69) is 10.3 Å². The van der Waals surface area contributed by atoms with Gasteiger partial charge in [0.25, 0.3) is 0 Å². The summed E-state index contributed by atoms with van der Waals surface area (Å²) in [6, 6.07) is 3.74. The molecule has 1 N–H and O–H groups in total. The lowest BCUT2D eigenvalue weighted by atomic mass is 10.2. The molecule has 1 atom stereocenters. The van der Waals surface area contributed by atoms with Crippen molar-refractivity contribution in [2.75, 3.05) is 11.9 Å². The molecule has 0 bridgehead atoms. The number of hydrogen-bond acceptors (Lipinski definition) is 4. The van der Waals surface area contributed by atoms with Crippen LogP contribution in [-0.2, 0) is 9.59 Å². The molecule has 19 heavy (non-hydrogen) atoms. The Morgan fingerprint density at radius 1 is 1.58 bits per heavy atom. The molecule has 0 fully saturated rings. The summed E-state index contributed by atoms with van der Waals surface area (Å²) in [4.78, 5) is 29.8. The standard InChI is InChI=1S/C13H17N3O2S/c1-8(2)15-11(17)7-10-13(18)16(3)9-5-4-6-14-12(9)19-10/h4-6,8,10H,7H2,1-3H3,(H,15,17)/t10-/m0/s1. The van der Waals surface area contributed by atoms with Crippen molar-refractivity contribution in [3.63, 3.8) is 0 Å². The summed E-state index contributed by atoms with van der Waals surface area (Å²) in [6.45, 7) is 3.80. The highest BCUT2D eigenvalue weighted by Gasteiger charge is 2.33. The molecule has 1 aliphatic rings. The molecule has 0 aromatic carbocycles. The van der Waals surface area contributed by atoms with Gasteiger partial charge >= 0.3 is 0 Å². The second-order valence-electron chi connectivity index (χ2n) is 4.76. The minimum atomic E-state index is -0.397. The van der Waals surface area contributed by atoms with Gasteiger partial charge in [-0.25, -0.2) is 4.98 Å². The van der Waals surface area contributed by atoms with E-state index in [9.17, 15) is 9.59 Å². The summed E-state index contributed by atoms with van der Waals surface area (Å²) < 4.78 is 0. The first kappa shape index (κ1) is 13.9. The van der Waals surface area contributed by atoms with Gasteiger partial charge in [-0.2, -0.15) is 0 Å². The summed E-state index contributed by atoms with van der Waals surface area (Å²) >= 11 is 1.36. The lowest BCUT2D eigenvalue weighted by Crippen LogP contribution is -2.42. The van der Waals surface area contributed by atoms with Crippen LogP contribution in [0.3, 0.4) is 0 Å². The first-order chi connectivity index (χ1) is 8.99. The van der Waals surface area contributed by atoms with Gasteiger partial charge < -0.3 is 10.2 Å². The second-order valence-corrected chi connectivity index (χ2v) is 5.95. The molecule has 0 radical (unpaired) electrons. The van der Waals surface area contributed by atoms with Crippen LogP contribution in [0.4, 0.5) is 5.69 Å². The van der Waals surface area contributed by atoms with Gasteiger partial charge in [0.2, 0.25) is 11.8 Å². The summed E-state index contributed by atoms with van der Waals surface area (Å²) in [6.07, 6.45) is 1.88. The fraction of sp³-hybridized carbons (Fsp3) is 0.462. The lowest BCUT2D eigenvalue weighted by Gasteiger charge is -2.29. The van der Waals surface area contributed by atoms with Crippen molar-refractivity contribution in [3.8, 4) is 0 Å². The van der Waals surface area contributed by atoms with Crippen LogP contribution < -0.4 is 10.2 Å². The maximum atomic E-state index is 12.2. The van der Waals surface area contributed by atoms with Crippen molar-refractivity contribution in [1.82, 2.24) is 10.3 Å². The monoisotopic (exact) mass is 279 g/mol. The zero-order valence-electron chi connectivity index (χ0n) is 11.2. The average molecular weight is 279 g/mol. The van der Waals surface area contributed by atoms with Gasteiger partial charge in [-0.3, -0.25) is 9.59 Å². The Kier molecular flexibility index (Phi) is 4.09. The Bertz CT molecular complexity index is 504. The molecule has 0 spiro atoms. The highest BCUT2D eigenvalue weighted by molar-refractivity contribution is 8.00. The Morgan fingerprint density at radius 2 is 2.32 bits per heavy atom. The largest absolute Gasteiger partial charge is 0.354 e. The average Bonchev–Trinajstić information content (AvgIpc) is 2.34. The minimum absolute atomic E-state index is 0.0515. The van der Waals surface area contributed by atoms with Crippen molar-refractivity contribution < 1.29 is 9.59 Å². The molecule has 1 aliphatic heterocycles. The number of anilines is 1. The molecule has 2 rings (SSSR count). The summed E-state index contributed by atoms with van der Waals surface area (Å²) in [5.41, 5.74) is 0.804. The van der Waals surface area contributed by atoms with Crippen LogP contribution in [0.5, 0.6) is 0 Å². The SMILES string of the molecule is CC(C)NC(=O)C[C@@H]1Sc2ncccc2N(C)C1=O. The van der Waals surface area contributed by atoms with Gasteiger partial charge in [0.05, 0.1) is 10.9 Å². The molecule has 2 heterocycles. The number of hydrogen-bond donors (Lipinski definition) is 1. The van der Waals surface area contributed by atoms with E-state index in [4.69, 9.17) is 0 Å². The van der Waals surface area contributed by atoms with Crippen molar-refractivity contribution in [3.05, 3.63) is 18.3 Å². The molecule has 0 saturated carbocycles. The molecule has 1 aromatic rings. The maximum absolute atomic E-state index is 12.2. The first-order valence-electron chi connectivity index (χ1n) is 6.17.